The van der Waals surface area contributed by atoms with E-state index in [4.69, 9.17) is 0 Å². The molecule has 0 spiro atoms. The van der Waals surface area contributed by atoms with Gasteiger partial charge in [-0.15, -0.1) is 0 Å². The van der Waals surface area contributed by atoms with Crippen molar-refractivity contribution in [3.8, 4) is 0 Å². The second-order valence-corrected chi connectivity index (χ2v) is 3.91. The molecule has 1 rings (SSSR count). The zero-order valence-electron chi connectivity index (χ0n) is 9.81. The summed E-state index contributed by atoms with van der Waals surface area (Å²) in [5.41, 5.74) is 0. The van der Waals surface area contributed by atoms with E-state index in [1.807, 2.05) is 36.2 Å². The fourth-order valence-corrected chi connectivity index (χ4v) is 1.18. The van der Waals surface area contributed by atoms with Gasteiger partial charge in [-0.05, 0) is 19.9 Å². The van der Waals surface area contributed by atoms with Crippen LogP contribution in [0.15, 0.2) is 34.7 Å². The van der Waals surface area contributed by atoms with Gasteiger partial charge in [0.15, 0.2) is 5.84 Å². The molecule has 1 heterocycles. The fraction of sp³-hybridized carbons (Fsp3) is 0.455. The Morgan fingerprint density at radius 1 is 1.53 bits per heavy atom. The Hall–Kier alpha value is -1.58. The highest BCUT2D eigenvalue weighted by atomic mass is 15.2. The van der Waals surface area contributed by atoms with E-state index in [1.54, 1.807) is 6.34 Å². The minimum absolute atomic E-state index is 0.372. The van der Waals surface area contributed by atoms with Crippen LogP contribution in [0.3, 0.4) is 0 Å². The van der Waals surface area contributed by atoms with Crippen LogP contribution < -0.4 is 0 Å². The van der Waals surface area contributed by atoms with E-state index in [9.17, 15) is 0 Å². The van der Waals surface area contributed by atoms with Crippen molar-refractivity contribution in [2.75, 3.05) is 14.1 Å². The highest BCUT2D eigenvalue weighted by Gasteiger charge is 2.12. The van der Waals surface area contributed by atoms with Crippen LogP contribution in [0.5, 0.6) is 0 Å². The first kappa shape index (κ1) is 11.5. The average Bonchev–Trinajstić information content (AvgIpc) is 2.14. The zero-order chi connectivity index (χ0) is 11.4. The van der Waals surface area contributed by atoms with Crippen molar-refractivity contribution < 1.29 is 0 Å². The third-order valence-corrected chi connectivity index (χ3v) is 1.90. The summed E-state index contributed by atoms with van der Waals surface area (Å²) in [6.07, 6.45) is 5.57. The smallest absolute Gasteiger partial charge is 0.157 e. The minimum atomic E-state index is 0.372. The van der Waals surface area contributed by atoms with Gasteiger partial charge in [0, 0.05) is 26.3 Å². The first-order valence-corrected chi connectivity index (χ1v) is 4.95. The average molecular weight is 206 g/mol. The van der Waals surface area contributed by atoms with E-state index >= 15 is 0 Å². The Morgan fingerprint density at radius 3 is 2.67 bits per heavy atom. The molecule has 0 unspecified atom stereocenters. The van der Waals surface area contributed by atoms with Crippen molar-refractivity contribution >= 4 is 12.2 Å². The highest BCUT2D eigenvalue weighted by Crippen LogP contribution is 2.14. The normalized spacial score (nSPS) is 16.5. The third-order valence-electron chi connectivity index (χ3n) is 1.90. The maximum atomic E-state index is 4.29. The Kier molecular flexibility index (Phi) is 3.66. The van der Waals surface area contributed by atoms with Gasteiger partial charge in [-0.1, -0.05) is 6.58 Å². The Balaban J connectivity index is 2.72. The number of rotatable bonds is 2. The second kappa shape index (κ2) is 4.77. The topological polar surface area (TPSA) is 31.2 Å². The molecule has 0 aromatic carbocycles. The molecule has 82 valence electrons. The number of nitrogens with zero attached hydrogens (tertiary/aromatic N) is 4. The lowest BCUT2D eigenvalue weighted by atomic mass is 10.3. The molecule has 0 atom stereocenters. The number of hydrogen-bond acceptors (Lipinski definition) is 3. The van der Waals surface area contributed by atoms with Gasteiger partial charge < -0.3 is 9.80 Å². The van der Waals surface area contributed by atoms with Crippen molar-refractivity contribution in [1.29, 1.82) is 0 Å². The van der Waals surface area contributed by atoms with Gasteiger partial charge in [0.05, 0.1) is 6.34 Å². The summed E-state index contributed by atoms with van der Waals surface area (Å²) in [4.78, 5) is 12.4. The van der Waals surface area contributed by atoms with Crippen molar-refractivity contribution in [3.05, 3.63) is 24.7 Å². The molecule has 1 aliphatic rings. The van der Waals surface area contributed by atoms with Crippen LogP contribution in [0.25, 0.3) is 0 Å². The fourth-order valence-electron chi connectivity index (χ4n) is 1.18. The largest absolute Gasteiger partial charge is 0.369 e. The summed E-state index contributed by atoms with van der Waals surface area (Å²) in [6.45, 7) is 8.09. The lowest BCUT2D eigenvalue weighted by Crippen LogP contribution is -2.26. The molecule has 4 heteroatoms. The first-order valence-electron chi connectivity index (χ1n) is 4.95. The standard InChI is InChI=1S/C11H18N4/c1-9(2)15-7-6-11(13-10(15)3)12-8-14(4)5/h6-9H,3H2,1-2,4-5H3/b12-8-. The SMILES string of the molecule is C=C1N=C(/N=C\N(C)C)C=CN1C(C)C. The van der Waals surface area contributed by atoms with Crippen LogP contribution in [0.1, 0.15) is 13.8 Å². The minimum Gasteiger partial charge on any atom is -0.369 e. The lowest BCUT2D eigenvalue weighted by molar-refractivity contribution is 0.380. The van der Waals surface area contributed by atoms with E-state index in [2.05, 4.69) is 30.4 Å². The molecule has 0 saturated carbocycles. The molecule has 15 heavy (non-hydrogen) atoms. The van der Waals surface area contributed by atoms with E-state index in [0.29, 0.717) is 11.9 Å². The summed E-state index contributed by atoms with van der Waals surface area (Å²) >= 11 is 0. The molecular weight excluding hydrogens is 188 g/mol. The van der Waals surface area contributed by atoms with Crippen molar-refractivity contribution in [2.45, 2.75) is 19.9 Å². The van der Waals surface area contributed by atoms with Gasteiger partial charge in [-0.2, -0.15) is 0 Å². The van der Waals surface area contributed by atoms with Gasteiger partial charge in [0.25, 0.3) is 0 Å². The summed E-state index contributed by atoms with van der Waals surface area (Å²) in [6, 6.07) is 0.372. The summed E-state index contributed by atoms with van der Waals surface area (Å²) in [7, 11) is 3.84. The molecule has 0 saturated heterocycles. The lowest BCUT2D eigenvalue weighted by Gasteiger charge is -2.26. The van der Waals surface area contributed by atoms with Crippen LogP contribution in [0, 0.1) is 0 Å². The molecule has 0 aromatic heterocycles. The van der Waals surface area contributed by atoms with Gasteiger partial charge in [0.1, 0.15) is 5.82 Å². The van der Waals surface area contributed by atoms with E-state index in [0.717, 1.165) is 5.82 Å². The van der Waals surface area contributed by atoms with Crippen LogP contribution in [0.4, 0.5) is 0 Å². The van der Waals surface area contributed by atoms with Gasteiger partial charge >= 0.3 is 0 Å². The predicted molar refractivity (Wildman–Crippen MR) is 64.9 cm³/mol. The van der Waals surface area contributed by atoms with E-state index < -0.39 is 0 Å². The van der Waals surface area contributed by atoms with Crippen molar-refractivity contribution in [1.82, 2.24) is 9.80 Å². The Morgan fingerprint density at radius 2 is 2.20 bits per heavy atom. The molecular formula is C11H18N4. The van der Waals surface area contributed by atoms with Gasteiger partial charge in [0.2, 0.25) is 0 Å². The second-order valence-electron chi connectivity index (χ2n) is 3.91. The summed E-state index contributed by atoms with van der Waals surface area (Å²) < 4.78 is 0. The summed E-state index contributed by atoms with van der Waals surface area (Å²) in [5.74, 6) is 1.42. The van der Waals surface area contributed by atoms with Crippen LogP contribution >= 0.6 is 0 Å². The molecule has 1 aliphatic heterocycles. The third kappa shape index (κ3) is 3.23. The van der Waals surface area contributed by atoms with Crippen LogP contribution in [0.2, 0.25) is 0 Å². The molecule has 0 fully saturated rings. The van der Waals surface area contributed by atoms with Crippen LogP contribution in [-0.2, 0) is 0 Å². The number of hydrogen-bond donors (Lipinski definition) is 0. The maximum Gasteiger partial charge on any atom is 0.157 e. The molecule has 0 radical (unpaired) electrons. The maximum absolute atomic E-state index is 4.29. The molecule has 0 aromatic rings. The molecule has 0 bridgehead atoms. The van der Waals surface area contributed by atoms with E-state index in [-0.39, 0.29) is 0 Å². The van der Waals surface area contributed by atoms with Crippen molar-refractivity contribution in [3.63, 3.8) is 0 Å². The predicted octanol–water partition coefficient (Wildman–Crippen LogP) is 1.68. The molecule has 0 aliphatic carbocycles. The highest BCUT2D eigenvalue weighted by molar-refractivity contribution is 5.98. The first-order chi connectivity index (χ1) is 7.00. The summed E-state index contributed by atoms with van der Waals surface area (Å²) in [5, 5.41) is 0. The van der Waals surface area contributed by atoms with Gasteiger partial charge in [-0.25, -0.2) is 9.98 Å². The molecule has 4 nitrogen and oxygen atoms in total. The van der Waals surface area contributed by atoms with Crippen molar-refractivity contribution in [2.24, 2.45) is 9.98 Å². The molecule has 0 N–H and O–H groups in total. The van der Waals surface area contributed by atoms with Gasteiger partial charge in [-0.3, -0.25) is 0 Å². The number of amidine groups is 1. The Bertz CT molecular complexity index is 323. The zero-order valence-corrected chi connectivity index (χ0v) is 9.81. The van der Waals surface area contributed by atoms with E-state index in [1.165, 1.54) is 0 Å². The number of aliphatic imine (C=N–C) groups is 2. The monoisotopic (exact) mass is 206 g/mol. The Labute approximate surface area is 91.3 Å². The molecule has 0 amide bonds. The van der Waals surface area contributed by atoms with Crippen LogP contribution in [-0.4, -0.2) is 42.1 Å². The quantitative estimate of drug-likeness (QED) is 0.508.